The van der Waals surface area contributed by atoms with Gasteiger partial charge in [-0.3, -0.25) is 0 Å². The van der Waals surface area contributed by atoms with Crippen LogP contribution < -0.4 is 0 Å². The van der Waals surface area contributed by atoms with Crippen LogP contribution in [-0.4, -0.2) is 22.2 Å². The summed E-state index contributed by atoms with van der Waals surface area (Å²) in [5.41, 5.74) is 0.251. The standard InChI is InChI=1S/C20H36O4/c1-5-9-11-15(7-3)13-17(19(21)22)18(20(23)24)14-16(8-4)12-10-6-2/h15-16H,5-14H2,1-4H3,(H,21,22)(H,23,24)/b18-17+/t15-,16-/m1/s1. The van der Waals surface area contributed by atoms with Crippen LogP contribution in [0.4, 0.5) is 0 Å². The van der Waals surface area contributed by atoms with Crippen LogP contribution in [0.25, 0.3) is 0 Å². The predicted octanol–water partition coefficient (Wildman–Crippen LogP) is 5.67. The summed E-state index contributed by atoms with van der Waals surface area (Å²) in [5.74, 6) is -1.62. The predicted molar refractivity (Wildman–Crippen MR) is 98.1 cm³/mol. The molecule has 0 amide bonds. The van der Waals surface area contributed by atoms with E-state index in [0.717, 1.165) is 51.4 Å². The first kappa shape index (κ1) is 22.7. The van der Waals surface area contributed by atoms with Crippen molar-refractivity contribution in [1.82, 2.24) is 0 Å². The highest BCUT2D eigenvalue weighted by Gasteiger charge is 2.25. The fraction of sp³-hybridized carbons (Fsp3) is 0.800. The first-order valence-corrected chi connectivity index (χ1v) is 9.59. The van der Waals surface area contributed by atoms with E-state index in [1.807, 2.05) is 0 Å². The third-order valence-corrected chi connectivity index (χ3v) is 4.95. The molecule has 4 heteroatoms. The third-order valence-electron chi connectivity index (χ3n) is 4.95. The lowest BCUT2D eigenvalue weighted by Crippen LogP contribution is -2.17. The SMILES string of the molecule is CCCC[C@@H](CC)C/C(C(=O)O)=C(/C[C@H](CC)CCCC)C(=O)O. The molecule has 140 valence electrons. The van der Waals surface area contributed by atoms with Crippen LogP contribution in [0.1, 0.15) is 91.9 Å². The number of hydrogen-bond donors (Lipinski definition) is 2. The van der Waals surface area contributed by atoms with E-state index in [-0.39, 0.29) is 23.0 Å². The average Bonchev–Trinajstić information content (AvgIpc) is 2.55. The highest BCUT2D eigenvalue weighted by Crippen LogP contribution is 2.29. The Morgan fingerprint density at radius 3 is 1.25 bits per heavy atom. The lowest BCUT2D eigenvalue weighted by atomic mass is 9.85. The fourth-order valence-electron chi connectivity index (χ4n) is 3.14. The molecule has 2 N–H and O–H groups in total. The van der Waals surface area contributed by atoms with Crippen molar-refractivity contribution in [3.63, 3.8) is 0 Å². The average molecular weight is 341 g/mol. The molecule has 24 heavy (non-hydrogen) atoms. The van der Waals surface area contributed by atoms with Gasteiger partial charge in [0.05, 0.1) is 0 Å². The zero-order valence-corrected chi connectivity index (χ0v) is 15.9. The molecule has 0 heterocycles. The number of carboxylic acid groups (broad SMARTS) is 2. The maximum Gasteiger partial charge on any atom is 0.332 e. The van der Waals surface area contributed by atoms with Gasteiger partial charge in [0.1, 0.15) is 0 Å². The van der Waals surface area contributed by atoms with Crippen molar-refractivity contribution in [2.75, 3.05) is 0 Å². The van der Waals surface area contributed by atoms with Gasteiger partial charge in [-0.1, -0.05) is 79.1 Å². The number of aliphatic carboxylic acids is 2. The van der Waals surface area contributed by atoms with Crippen LogP contribution in [0.15, 0.2) is 11.1 Å². The van der Waals surface area contributed by atoms with Crippen molar-refractivity contribution in [1.29, 1.82) is 0 Å². The molecule has 0 aliphatic rings. The van der Waals surface area contributed by atoms with E-state index in [9.17, 15) is 19.8 Å². The van der Waals surface area contributed by atoms with Gasteiger partial charge in [0, 0.05) is 11.1 Å². The lowest BCUT2D eigenvalue weighted by molar-refractivity contribution is -0.136. The van der Waals surface area contributed by atoms with Gasteiger partial charge in [0.2, 0.25) is 0 Å². The summed E-state index contributed by atoms with van der Waals surface area (Å²) in [7, 11) is 0. The summed E-state index contributed by atoms with van der Waals surface area (Å²) in [6.45, 7) is 8.33. The molecule has 0 aromatic rings. The molecular formula is C20H36O4. The van der Waals surface area contributed by atoms with Crippen molar-refractivity contribution < 1.29 is 19.8 Å². The monoisotopic (exact) mass is 340 g/mol. The van der Waals surface area contributed by atoms with Crippen LogP contribution in [0, 0.1) is 11.8 Å². The molecule has 0 fully saturated rings. The second kappa shape index (κ2) is 13.0. The van der Waals surface area contributed by atoms with Crippen molar-refractivity contribution in [3.05, 3.63) is 11.1 Å². The molecule has 0 radical (unpaired) electrons. The molecule has 0 spiro atoms. The van der Waals surface area contributed by atoms with Crippen LogP contribution in [-0.2, 0) is 9.59 Å². The molecule has 0 rings (SSSR count). The summed E-state index contributed by atoms with van der Waals surface area (Å²) in [4.78, 5) is 23.5. The van der Waals surface area contributed by atoms with Crippen molar-refractivity contribution in [2.45, 2.75) is 91.9 Å². The molecule has 2 atom stereocenters. The minimum atomic E-state index is -1.06. The van der Waals surface area contributed by atoms with E-state index >= 15 is 0 Å². The number of carbonyl (C=O) groups is 2. The summed E-state index contributed by atoms with van der Waals surface area (Å²) in [6.07, 6.45) is 8.70. The first-order valence-electron chi connectivity index (χ1n) is 9.59. The van der Waals surface area contributed by atoms with Gasteiger partial charge >= 0.3 is 11.9 Å². The van der Waals surface area contributed by atoms with Crippen molar-refractivity contribution in [2.24, 2.45) is 11.8 Å². The van der Waals surface area contributed by atoms with Crippen molar-refractivity contribution in [3.8, 4) is 0 Å². The Bertz CT molecular complexity index is 374. The van der Waals surface area contributed by atoms with E-state index in [1.165, 1.54) is 0 Å². The van der Waals surface area contributed by atoms with Crippen LogP contribution in [0.5, 0.6) is 0 Å². The molecule has 0 aromatic carbocycles. The second-order valence-electron chi connectivity index (χ2n) is 6.81. The largest absolute Gasteiger partial charge is 0.478 e. The van der Waals surface area contributed by atoms with E-state index in [2.05, 4.69) is 27.7 Å². The maximum atomic E-state index is 11.7. The molecule has 0 aliphatic carbocycles. The Balaban J connectivity index is 5.39. The van der Waals surface area contributed by atoms with Gasteiger partial charge in [0.25, 0.3) is 0 Å². The van der Waals surface area contributed by atoms with Crippen LogP contribution in [0.2, 0.25) is 0 Å². The quantitative estimate of drug-likeness (QED) is 0.400. The lowest BCUT2D eigenvalue weighted by Gasteiger charge is -2.19. The normalized spacial score (nSPS) is 14.8. The zero-order valence-electron chi connectivity index (χ0n) is 15.9. The number of unbranched alkanes of at least 4 members (excludes halogenated alkanes) is 2. The Kier molecular flexibility index (Phi) is 12.3. The van der Waals surface area contributed by atoms with Gasteiger partial charge < -0.3 is 10.2 Å². The molecule has 0 aliphatic heterocycles. The Morgan fingerprint density at radius 2 is 1.04 bits per heavy atom. The van der Waals surface area contributed by atoms with Gasteiger partial charge in [-0.15, -0.1) is 0 Å². The smallest absolute Gasteiger partial charge is 0.332 e. The zero-order chi connectivity index (χ0) is 18.5. The topological polar surface area (TPSA) is 74.6 Å². The first-order chi connectivity index (χ1) is 11.4. The van der Waals surface area contributed by atoms with E-state index < -0.39 is 11.9 Å². The third kappa shape index (κ3) is 8.51. The van der Waals surface area contributed by atoms with E-state index in [1.54, 1.807) is 0 Å². The number of rotatable bonds is 14. The van der Waals surface area contributed by atoms with Gasteiger partial charge in [-0.2, -0.15) is 0 Å². The highest BCUT2D eigenvalue weighted by atomic mass is 16.4. The molecule has 4 nitrogen and oxygen atoms in total. The molecule has 0 unspecified atom stereocenters. The maximum absolute atomic E-state index is 11.7. The summed E-state index contributed by atoms with van der Waals surface area (Å²) in [6, 6.07) is 0. The number of hydrogen-bond acceptors (Lipinski definition) is 2. The molecule has 0 bridgehead atoms. The highest BCUT2D eigenvalue weighted by molar-refractivity contribution is 5.98. The van der Waals surface area contributed by atoms with Crippen molar-refractivity contribution >= 4 is 11.9 Å². The summed E-state index contributed by atoms with van der Waals surface area (Å²) in [5, 5.41) is 19.2. The molecular weight excluding hydrogens is 304 g/mol. The number of carboxylic acids is 2. The minimum Gasteiger partial charge on any atom is -0.478 e. The van der Waals surface area contributed by atoms with E-state index in [0.29, 0.717) is 12.8 Å². The second-order valence-corrected chi connectivity index (χ2v) is 6.81. The van der Waals surface area contributed by atoms with Gasteiger partial charge in [-0.25, -0.2) is 9.59 Å². The minimum absolute atomic E-state index is 0.125. The summed E-state index contributed by atoms with van der Waals surface area (Å²) < 4.78 is 0. The van der Waals surface area contributed by atoms with Gasteiger partial charge in [0.15, 0.2) is 0 Å². The van der Waals surface area contributed by atoms with E-state index in [4.69, 9.17) is 0 Å². The van der Waals surface area contributed by atoms with Gasteiger partial charge in [-0.05, 0) is 24.7 Å². The summed E-state index contributed by atoms with van der Waals surface area (Å²) >= 11 is 0. The van der Waals surface area contributed by atoms with Crippen LogP contribution >= 0.6 is 0 Å². The Hall–Kier alpha value is -1.32. The Labute approximate surface area is 147 Å². The molecule has 0 saturated heterocycles. The Morgan fingerprint density at radius 1 is 0.708 bits per heavy atom. The van der Waals surface area contributed by atoms with Crippen LogP contribution in [0.3, 0.4) is 0 Å². The fourth-order valence-corrected chi connectivity index (χ4v) is 3.14. The molecule has 0 saturated carbocycles. The molecule has 0 aromatic heterocycles.